The highest BCUT2D eigenvalue weighted by Gasteiger charge is 2.23. The van der Waals surface area contributed by atoms with Gasteiger partial charge in [0.2, 0.25) is 0 Å². The Balaban J connectivity index is 2.24. The fraction of sp³-hybridized carbons (Fsp3) is 0.500. The molecule has 0 saturated heterocycles. The molecule has 0 fully saturated rings. The molecule has 0 saturated carbocycles. The number of carbonyl (C=O) groups is 2. The van der Waals surface area contributed by atoms with E-state index in [-0.39, 0.29) is 18.1 Å². The number of aromatic nitrogens is 2. The summed E-state index contributed by atoms with van der Waals surface area (Å²) in [4.78, 5) is 24.4. The number of hydrogen-bond donors (Lipinski definition) is 1. The van der Waals surface area contributed by atoms with Crippen molar-refractivity contribution in [3.8, 4) is 0 Å². The SMILES string of the molecule is CCOC(=O)c1nn(CCNC(=O)OC(C)(C)C)c(CC)c1Cc1ccc(F)cc1. The van der Waals surface area contributed by atoms with Crippen LogP contribution in [0.15, 0.2) is 24.3 Å². The second-order valence-electron chi connectivity index (χ2n) is 7.80. The Morgan fingerprint density at radius 1 is 1.17 bits per heavy atom. The van der Waals surface area contributed by atoms with Crippen LogP contribution in [-0.2, 0) is 28.9 Å². The largest absolute Gasteiger partial charge is 0.461 e. The maximum absolute atomic E-state index is 13.3. The first-order valence-electron chi connectivity index (χ1n) is 10.1. The molecule has 0 unspecified atom stereocenters. The van der Waals surface area contributed by atoms with E-state index in [2.05, 4.69) is 10.4 Å². The summed E-state index contributed by atoms with van der Waals surface area (Å²) in [5.41, 5.74) is 2.15. The Morgan fingerprint density at radius 2 is 1.83 bits per heavy atom. The summed E-state index contributed by atoms with van der Waals surface area (Å²) in [6.07, 6.45) is 0.553. The van der Waals surface area contributed by atoms with Crippen LogP contribution in [0.1, 0.15) is 61.9 Å². The molecule has 1 aromatic heterocycles. The first kappa shape index (κ1) is 23.4. The van der Waals surface area contributed by atoms with Crippen molar-refractivity contribution in [1.29, 1.82) is 0 Å². The zero-order valence-corrected chi connectivity index (χ0v) is 18.3. The average Bonchev–Trinajstić information content (AvgIpc) is 2.99. The van der Waals surface area contributed by atoms with E-state index in [4.69, 9.17) is 9.47 Å². The van der Waals surface area contributed by atoms with E-state index in [1.807, 2.05) is 6.92 Å². The van der Waals surface area contributed by atoms with Gasteiger partial charge >= 0.3 is 12.1 Å². The maximum atomic E-state index is 13.3. The average molecular weight is 419 g/mol. The molecule has 0 atom stereocenters. The van der Waals surface area contributed by atoms with Gasteiger partial charge in [0, 0.05) is 24.2 Å². The number of benzene rings is 1. The number of nitrogens with one attached hydrogen (secondary N) is 1. The standard InChI is InChI=1S/C22H30FN3O4/c1-6-18-17(14-15-8-10-16(23)11-9-15)19(20(27)29-7-2)25-26(18)13-12-24-21(28)30-22(3,4)5/h8-11H,6-7,12-14H2,1-5H3,(H,24,28). The van der Waals surface area contributed by atoms with E-state index in [1.54, 1.807) is 44.5 Å². The van der Waals surface area contributed by atoms with E-state index in [9.17, 15) is 14.0 Å². The van der Waals surface area contributed by atoms with Gasteiger partial charge in [0.25, 0.3) is 0 Å². The molecule has 164 valence electrons. The zero-order valence-electron chi connectivity index (χ0n) is 18.3. The van der Waals surface area contributed by atoms with E-state index in [0.29, 0.717) is 25.9 Å². The second kappa shape index (κ2) is 10.2. The zero-order chi connectivity index (χ0) is 22.3. The van der Waals surface area contributed by atoms with Crippen LogP contribution in [0, 0.1) is 5.82 Å². The number of nitrogens with zero attached hydrogens (tertiary/aromatic N) is 2. The minimum absolute atomic E-state index is 0.239. The highest BCUT2D eigenvalue weighted by molar-refractivity contribution is 5.89. The molecule has 1 amide bonds. The lowest BCUT2D eigenvalue weighted by Crippen LogP contribution is -2.34. The van der Waals surface area contributed by atoms with E-state index in [1.165, 1.54) is 12.1 Å². The van der Waals surface area contributed by atoms with Gasteiger partial charge in [-0.3, -0.25) is 4.68 Å². The first-order valence-corrected chi connectivity index (χ1v) is 10.1. The summed E-state index contributed by atoms with van der Waals surface area (Å²) in [6.45, 7) is 10.00. The van der Waals surface area contributed by atoms with Crippen molar-refractivity contribution in [2.75, 3.05) is 13.2 Å². The van der Waals surface area contributed by atoms with Gasteiger partial charge in [-0.1, -0.05) is 19.1 Å². The molecule has 30 heavy (non-hydrogen) atoms. The lowest BCUT2D eigenvalue weighted by Gasteiger charge is -2.19. The molecule has 0 aliphatic heterocycles. The Kier molecular flexibility index (Phi) is 7.97. The minimum Gasteiger partial charge on any atom is -0.461 e. The summed E-state index contributed by atoms with van der Waals surface area (Å²) in [7, 11) is 0. The van der Waals surface area contributed by atoms with Crippen molar-refractivity contribution in [2.24, 2.45) is 0 Å². The van der Waals surface area contributed by atoms with Crippen LogP contribution < -0.4 is 5.32 Å². The highest BCUT2D eigenvalue weighted by atomic mass is 19.1. The smallest absolute Gasteiger partial charge is 0.407 e. The molecule has 0 bridgehead atoms. The second-order valence-corrected chi connectivity index (χ2v) is 7.80. The van der Waals surface area contributed by atoms with Gasteiger partial charge in [0.1, 0.15) is 11.4 Å². The van der Waals surface area contributed by atoms with Crippen LogP contribution in [0.25, 0.3) is 0 Å². The monoisotopic (exact) mass is 419 g/mol. The van der Waals surface area contributed by atoms with E-state index >= 15 is 0 Å². The van der Waals surface area contributed by atoms with Crippen molar-refractivity contribution in [3.63, 3.8) is 0 Å². The number of halogens is 1. The summed E-state index contributed by atoms with van der Waals surface area (Å²) >= 11 is 0. The van der Waals surface area contributed by atoms with Crippen LogP contribution in [0.4, 0.5) is 9.18 Å². The van der Waals surface area contributed by atoms with Crippen LogP contribution in [0.3, 0.4) is 0 Å². The molecular weight excluding hydrogens is 389 g/mol. The highest BCUT2D eigenvalue weighted by Crippen LogP contribution is 2.21. The number of ether oxygens (including phenoxy) is 2. The Bertz CT molecular complexity index is 870. The first-order chi connectivity index (χ1) is 14.1. The molecular formula is C22H30FN3O4. The molecule has 8 heteroatoms. The van der Waals surface area contributed by atoms with Gasteiger partial charge < -0.3 is 14.8 Å². The Labute approximate surface area is 176 Å². The summed E-state index contributed by atoms with van der Waals surface area (Å²) in [5.74, 6) is -0.813. The third-order valence-electron chi connectivity index (χ3n) is 4.26. The molecule has 7 nitrogen and oxygen atoms in total. The number of alkyl carbamates (subject to hydrolysis) is 1. The van der Waals surface area contributed by atoms with E-state index < -0.39 is 17.7 Å². The van der Waals surface area contributed by atoms with Crippen molar-refractivity contribution in [3.05, 3.63) is 52.6 Å². The minimum atomic E-state index is -0.580. The molecule has 1 aromatic carbocycles. The van der Waals surface area contributed by atoms with Gasteiger partial charge in [-0.2, -0.15) is 5.10 Å². The normalized spacial score (nSPS) is 11.3. The molecule has 0 aliphatic carbocycles. The van der Waals surface area contributed by atoms with Crippen LogP contribution in [-0.4, -0.2) is 40.6 Å². The molecule has 0 radical (unpaired) electrons. The molecule has 2 rings (SSSR count). The molecule has 1 heterocycles. The van der Waals surface area contributed by atoms with Gasteiger partial charge in [0.15, 0.2) is 5.69 Å². The fourth-order valence-corrected chi connectivity index (χ4v) is 3.05. The van der Waals surface area contributed by atoms with Crippen molar-refractivity contribution in [2.45, 2.75) is 59.6 Å². The van der Waals surface area contributed by atoms with Gasteiger partial charge in [-0.15, -0.1) is 0 Å². The quantitative estimate of drug-likeness (QED) is 0.657. The van der Waals surface area contributed by atoms with Crippen molar-refractivity contribution in [1.82, 2.24) is 15.1 Å². The number of carbonyl (C=O) groups excluding carboxylic acids is 2. The molecule has 0 aliphatic rings. The summed E-state index contributed by atoms with van der Waals surface area (Å²) in [6, 6.07) is 6.15. The topological polar surface area (TPSA) is 82.5 Å². The fourth-order valence-electron chi connectivity index (χ4n) is 3.05. The third-order valence-corrected chi connectivity index (χ3v) is 4.26. The van der Waals surface area contributed by atoms with Crippen LogP contribution >= 0.6 is 0 Å². The number of amides is 1. The number of rotatable bonds is 8. The maximum Gasteiger partial charge on any atom is 0.407 e. The third kappa shape index (κ3) is 6.57. The van der Waals surface area contributed by atoms with E-state index in [0.717, 1.165) is 16.8 Å². The molecule has 1 N–H and O–H groups in total. The van der Waals surface area contributed by atoms with Crippen LogP contribution in [0.5, 0.6) is 0 Å². The Hall–Kier alpha value is -2.90. The lowest BCUT2D eigenvalue weighted by molar-refractivity contribution is 0.0506. The predicted octanol–water partition coefficient (Wildman–Crippen LogP) is 3.88. The lowest BCUT2D eigenvalue weighted by atomic mass is 10.0. The van der Waals surface area contributed by atoms with Gasteiger partial charge in [-0.05, 0) is 51.8 Å². The Morgan fingerprint density at radius 3 is 2.40 bits per heavy atom. The molecule has 0 spiro atoms. The van der Waals surface area contributed by atoms with Crippen LogP contribution in [0.2, 0.25) is 0 Å². The summed E-state index contributed by atoms with van der Waals surface area (Å²) < 4.78 is 25.4. The van der Waals surface area contributed by atoms with Gasteiger partial charge in [0.05, 0.1) is 13.2 Å². The summed E-state index contributed by atoms with van der Waals surface area (Å²) in [5, 5.41) is 7.16. The van der Waals surface area contributed by atoms with Crippen molar-refractivity contribution >= 4 is 12.1 Å². The number of esters is 1. The molecule has 2 aromatic rings. The predicted molar refractivity (Wildman–Crippen MR) is 111 cm³/mol. The van der Waals surface area contributed by atoms with Gasteiger partial charge in [-0.25, -0.2) is 14.0 Å². The number of hydrogen-bond acceptors (Lipinski definition) is 5. The van der Waals surface area contributed by atoms with Crippen molar-refractivity contribution < 1.29 is 23.5 Å².